The number of nitrogen functional groups attached to an aromatic ring is 1. The summed E-state index contributed by atoms with van der Waals surface area (Å²) in [5.41, 5.74) is 8.84. The number of benzene rings is 1. The summed E-state index contributed by atoms with van der Waals surface area (Å²) < 4.78 is 1.65. The number of amides is 1. The van der Waals surface area contributed by atoms with E-state index in [-0.39, 0.29) is 18.3 Å². The average molecular weight is 411 g/mol. The van der Waals surface area contributed by atoms with E-state index in [0.29, 0.717) is 34.7 Å². The van der Waals surface area contributed by atoms with Gasteiger partial charge in [0.25, 0.3) is 0 Å². The molecule has 10 nitrogen and oxygen atoms in total. The first-order chi connectivity index (χ1) is 14.2. The van der Waals surface area contributed by atoms with Crippen LogP contribution in [0, 0.1) is 18.3 Å². The van der Waals surface area contributed by atoms with Crippen molar-refractivity contribution in [1.82, 2.24) is 24.8 Å². The first-order valence-corrected chi connectivity index (χ1v) is 9.54. The summed E-state index contributed by atoms with van der Waals surface area (Å²) in [5, 5.41) is 19.4. The van der Waals surface area contributed by atoms with E-state index in [2.05, 4.69) is 20.3 Å². The monoisotopic (exact) mass is 411 g/mol. The molecule has 2 heterocycles. The Balaban J connectivity index is 1.79. The summed E-state index contributed by atoms with van der Waals surface area (Å²) in [6.45, 7) is 5.57. The zero-order valence-electron chi connectivity index (χ0n) is 17.1. The topological polar surface area (TPSA) is 163 Å². The molecule has 0 aliphatic heterocycles. The molecule has 1 atom stereocenters. The predicted octanol–water partition coefficient (Wildman–Crippen LogP) is 1.63. The summed E-state index contributed by atoms with van der Waals surface area (Å²) in [5.74, 6) is -0.807. The second-order valence-corrected chi connectivity index (χ2v) is 7.63. The van der Waals surface area contributed by atoms with Crippen LogP contribution in [0.5, 0.6) is 0 Å². The maximum Gasteiger partial charge on any atom is 0.326 e. The van der Waals surface area contributed by atoms with Crippen LogP contribution in [0.1, 0.15) is 31.5 Å². The number of hydrogen-bond donors (Lipinski definition) is 5. The maximum atomic E-state index is 12.4. The van der Waals surface area contributed by atoms with Crippen LogP contribution in [-0.4, -0.2) is 48.4 Å². The summed E-state index contributed by atoms with van der Waals surface area (Å²) in [6.07, 6.45) is 1.88. The quantitative estimate of drug-likeness (QED) is 0.279. The van der Waals surface area contributed by atoms with Crippen LogP contribution in [0.2, 0.25) is 0 Å². The third kappa shape index (κ3) is 4.48. The largest absolute Gasteiger partial charge is 0.480 e. The predicted molar refractivity (Wildman–Crippen MR) is 112 cm³/mol. The Kier molecular flexibility index (Phi) is 5.86. The lowest BCUT2D eigenvalue weighted by atomic mass is 10.0. The fraction of sp³-hybridized carbons (Fsp3) is 0.350. The molecule has 30 heavy (non-hydrogen) atoms. The molecule has 0 saturated carbocycles. The van der Waals surface area contributed by atoms with Crippen molar-refractivity contribution in [2.75, 3.05) is 0 Å². The van der Waals surface area contributed by atoms with Crippen molar-refractivity contribution >= 4 is 28.7 Å². The van der Waals surface area contributed by atoms with Crippen molar-refractivity contribution in [3.8, 4) is 11.5 Å². The normalized spacial score (nSPS) is 12.3. The van der Waals surface area contributed by atoms with Gasteiger partial charge in [-0.2, -0.15) is 0 Å². The van der Waals surface area contributed by atoms with Crippen molar-refractivity contribution in [3.05, 3.63) is 35.8 Å². The zero-order chi connectivity index (χ0) is 22.0. The molecule has 1 amide bonds. The molecule has 0 spiro atoms. The molecule has 6 N–H and O–H groups in total. The molecule has 2 aromatic heterocycles. The number of nitrogens with zero attached hydrogens (tertiary/aromatic N) is 3. The number of amidine groups is 1. The Hall–Kier alpha value is -3.69. The average Bonchev–Trinajstić information content (AvgIpc) is 3.23. The fourth-order valence-corrected chi connectivity index (χ4v) is 3.21. The third-order valence-corrected chi connectivity index (χ3v) is 4.77. The van der Waals surface area contributed by atoms with Crippen LogP contribution in [-0.2, 0) is 16.1 Å². The van der Waals surface area contributed by atoms with Crippen LogP contribution < -0.4 is 11.1 Å². The number of rotatable bonds is 8. The third-order valence-electron chi connectivity index (χ3n) is 4.77. The number of fused-ring (bicyclic) bond motifs is 1. The Bertz CT molecular complexity index is 1110. The minimum absolute atomic E-state index is 0.0370. The molecule has 0 bridgehead atoms. The van der Waals surface area contributed by atoms with Crippen molar-refractivity contribution in [2.45, 2.75) is 39.8 Å². The first-order valence-electron chi connectivity index (χ1n) is 9.54. The lowest BCUT2D eigenvalue weighted by molar-refractivity contribution is -0.142. The molecule has 158 valence electrons. The number of imidazole rings is 2. The second-order valence-electron chi connectivity index (χ2n) is 7.63. The van der Waals surface area contributed by atoms with Gasteiger partial charge in [-0.25, -0.2) is 14.8 Å². The van der Waals surface area contributed by atoms with E-state index in [1.807, 2.05) is 20.8 Å². The lowest BCUT2D eigenvalue weighted by Gasteiger charge is -2.16. The smallest absolute Gasteiger partial charge is 0.326 e. The van der Waals surface area contributed by atoms with E-state index in [0.717, 1.165) is 5.52 Å². The van der Waals surface area contributed by atoms with Gasteiger partial charge in [0.1, 0.15) is 24.1 Å². The number of nitrogens with one attached hydrogen (secondary N) is 3. The number of aromatic amines is 1. The lowest BCUT2D eigenvalue weighted by Crippen LogP contribution is -2.43. The zero-order valence-corrected chi connectivity index (χ0v) is 17.1. The molecule has 3 aromatic rings. The molecular formula is C20H25N7O3. The van der Waals surface area contributed by atoms with E-state index in [1.165, 1.54) is 6.33 Å². The number of aromatic nitrogens is 4. The molecule has 0 aliphatic rings. The minimum atomic E-state index is -1.05. The first kappa shape index (κ1) is 21.0. The molecule has 0 radical (unpaired) electrons. The van der Waals surface area contributed by atoms with Crippen LogP contribution in [0.15, 0.2) is 24.5 Å². The van der Waals surface area contributed by atoms with Crippen LogP contribution in [0.3, 0.4) is 0 Å². The number of carbonyl (C=O) groups excluding carboxylic acids is 1. The van der Waals surface area contributed by atoms with Gasteiger partial charge < -0.3 is 25.7 Å². The van der Waals surface area contributed by atoms with Gasteiger partial charge in [-0.05, 0) is 37.5 Å². The highest BCUT2D eigenvalue weighted by molar-refractivity contribution is 5.98. The highest BCUT2D eigenvalue weighted by atomic mass is 16.4. The van der Waals surface area contributed by atoms with Gasteiger partial charge in [0, 0.05) is 11.3 Å². The van der Waals surface area contributed by atoms with Crippen LogP contribution in [0.25, 0.3) is 22.6 Å². The number of H-pyrrole nitrogens is 1. The van der Waals surface area contributed by atoms with E-state index in [4.69, 9.17) is 11.1 Å². The van der Waals surface area contributed by atoms with Gasteiger partial charge in [-0.15, -0.1) is 0 Å². The van der Waals surface area contributed by atoms with Crippen LogP contribution >= 0.6 is 0 Å². The Morgan fingerprint density at radius 1 is 1.37 bits per heavy atom. The van der Waals surface area contributed by atoms with Gasteiger partial charge in [0.05, 0.1) is 17.4 Å². The maximum absolute atomic E-state index is 12.4. The van der Waals surface area contributed by atoms with Gasteiger partial charge in [-0.1, -0.05) is 13.8 Å². The molecule has 10 heteroatoms. The van der Waals surface area contributed by atoms with Crippen LogP contribution in [0.4, 0.5) is 0 Å². The standard InChI is InChI=1S/C20H25N7O3/c1-10(2)6-15(20(29)30)24-16(28)8-27-9-23-17(11(27)3)19-25-13-5-4-12(18(21)22)7-14(13)26-19/h4-5,7,9-10,15H,6,8H2,1-3H3,(H3,21,22)(H,24,28)(H,25,26)(H,29,30). The van der Waals surface area contributed by atoms with E-state index in [1.54, 1.807) is 22.8 Å². The van der Waals surface area contributed by atoms with Crippen molar-refractivity contribution in [2.24, 2.45) is 11.7 Å². The van der Waals surface area contributed by atoms with Gasteiger partial charge in [0.15, 0.2) is 5.82 Å². The highest BCUT2D eigenvalue weighted by Crippen LogP contribution is 2.23. The molecule has 3 rings (SSSR count). The van der Waals surface area contributed by atoms with E-state index >= 15 is 0 Å². The Morgan fingerprint density at radius 3 is 2.73 bits per heavy atom. The SMILES string of the molecule is Cc1c(-c2nc3cc(C(=N)N)ccc3[nH]2)ncn1CC(=O)NC(CC(C)C)C(=O)O. The van der Waals surface area contributed by atoms with Crippen molar-refractivity contribution in [3.63, 3.8) is 0 Å². The summed E-state index contributed by atoms with van der Waals surface area (Å²) >= 11 is 0. The molecule has 1 unspecified atom stereocenters. The minimum Gasteiger partial charge on any atom is -0.480 e. The van der Waals surface area contributed by atoms with Gasteiger partial charge in [-0.3, -0.25) is 10.2 Å². The number of carboxylic acid groups (broad SMARTS) is 1. The molecule has 0 aliphatic carbocycles. The Labute approximate surface area is 173 Å². The van der Waals surface area contributed by atoms with E-state index in [9.17, 15) is 14.7 Å². The number of carboxylic acids is 1. The number of carbonyl (C=O) groups is 2. The molecule has 1 aromatic carbocycles. The summed E-state index contributed by atoms with van der Waals surface area (Å²) in [6, 6.07) is 4.33. The second kappa shape index (κ2) is 8.36. The number of hydrogen-bond acceptors (Lipinski definition) is 5. The van der Waals surface area contributed by atoms with Gasteiger partial charge in [0.2, 0.25) is 5.91 Å². The number of aliphatic carboxylic acids is 1. The summed E-state index contributed by atoms with van der Waals surface area (Å²) in [7, 11) is 0. The fourth-order valence-electron chi connectivity index (χ4n) is 3.21. The molecule has 0 saturated heterocycles. The summed E-state index contributed by atoms with van der Waals surface area (Å²) in [4.78, 5) is 35.8. The number of nitrogens with two attached hydrogens (primary N) is 1. The molecular weight excluding hydrogens is 386 g/mol. The highest BCUT2D eigenvalue weighted by Gasteiger charge is 2.22. The van der Waals surface area contributed by atoms with Crippen molar-refractivity contribution < 1.29 is 14.7 Å². The van der Waals surface area contributed by atoms with Gasteiger partial charge >= 0.3 is 5.97 Å². The van der Waals surface area contributed by atoms with Crippen molar-refractivity contribution in [1.29, 1.82) is 5.41 Å². The van der Waals surface area contributed by atoms with E-state index < -0.39 is 17.9 Å². The Morgan fingerprint density at radius 2 is 2.10 bits per heavy atom. The molecule has 0 fully saturated rings.